The quantitative estimate of drug-likeness (QED) is 0.391. The topological polar surface area (TPSA) is 69.2 Å². The van der Waals surface area contributed by atoms with Gasteiger partial charge in [0.1, 0.15) is 5.75 Å². The molecule has 19 heavy (non-hydrogen) atoms. The zero-order chi connectivity index (χ0) is 14.3. The number of hydrogen-bond donors (Lipinski definition) is 1. The van der Waals surface area contributed by atoms with Gasteiger partial charge in [-0.3, -0.25) is 5.43 Å². The average Bonchev–Trinajstić information content (AvgIpc) is 2.42. The Morgan fingerprint density at radius 2 is 1.84 bits per heavy atom. The van der Waals surface area contributed by atoms with E-state index in [1.807, 2.05) is 0 Å². The van der Waals surface area contributed by atoms with Gasteiger partial charge in [-0.05, 0) is 38.1 Å². The summed E-state index contributed by atoms with van der Waals surface area (Å²) in [6.07, 6.45) is -0.171. The Morgan fingerprint density at radius 3 is 2.32 bits per heavy atom. The fraction of sp³-hybridized carbons (Fsp3) is 0.385. The molecule has 0 heterocycles. The fourth-order valence-electron chi connectivity index (χ4n) is 1.21. The van der Waals surface area contributed by atoms with Crippen molar-refractivity contribution < 1.29 is 19.0 Å². The number of hydrogen-bond acceptors (Lipinski definition) is 6. The summed E-state index contributed by atoms with van der Waals surface area (Å²) < 4.78 is 14.9. The van der Waals surface area contributed by atoms with Crippen LogP contribution in [0.3, 0.4) is 0 Å². The molecule has 1 rings (SSSR count). The lowest BCUT2D eigenvalue weighted by molar-refractivity contribution is -0.134. The number of ether oxygens (including phenoxy) is 3. The lowest BCUT2D eigenvalue weighted by Gasteiger charge is -2.10. The number of methoxy groups -OCH3 is 2. The SMILES string of the molecule is COC(=O)C(=NNc1ccc(OC)cc1)OC(C)C. The third-order valence-corrected chi connectivity index (χ3v) is 2.08. The number of anilines is 1. The second-order valence-electron chi connectivity index (χ2n) is 3.92. The molecular weight excluding hydrogens is 248 g/mol. The van der Waals surface area contributed by atoms with Crippen molar-refractivity contribution in [2.24, 2.45) is 5.10 Å². The number of carbonyl (C=O) groups is 1. The maximum atomic E-state index is 11.4. The van der Waals surface area contributed by atoms with Crippen molar-refractivity contribution >= 4 is 17.6 Å². The maximum absolute atomic E-state index is 11.4. The summed E-state index contributed by atoms with van der Waals surface area (Å²) in [5.74, 6) is -0.0100. The number of esters is 1. The van der Waals surface area contributed by atoms with Crippen molar-refractivity contribution in [2.45, 2.75) is 20.0 Å². The van der Waals surface area contributed by atoms with Crippen LogP contribution in [0.5, 0.6) is 5.75 Å². The van der Waals surface area contributed by atoms with Crippen LogP contribution in [-0.4, -0.2) is 32.2 Å². The standard InChI is InChI=1S/C13H18N2O4/c1-9(2)19-12(13(16)18-4)15-14-10-5-7-11(17-3)8-6-10/h5-9,14H,1-4H3. The largest absolute Gasteiger partial charge is 0.497 e. The first-order chi connectivity index (χ1) is 9.06. The third kappa shape index (κ3) is 4.87. The van der Waals surface area contributed by atoms with Crippen LogP contribution >= 0.6 is 0 Å². The number of carbonyl (C=O) groups excluding carboxylic acids is 1. The van der Waals surface area contributed by atoms with Crippen LogP contribution in [0.1, 0.15) is 13.8 Å². The molecule has 0 fully saturated rings. The Kier molecular flexibility index (Phi) is 5.66. The van der Waals surface area contributed by atoms with E-state index in [1.54, 1.807) is 45.2 Å². The summed E-state index contributed by atoms with van der Waals surface area (Å²) in [4.78, 5) is 11.4. The molecule has 1 aromatic carbocycles. The smallest absolute Gasteiger partial charge is 0.395 e. The molecule has 0 spiro atoms. The van der Waals surface area contributed by atoms with Crippen LogP contribution in [0, 0.1) is 0 Å². The molecule has 0 aliphatic rings. The molecule has 0 bridgehead atoms. The number of rotatable bonds is 4. The monoisotopic (exact) mass is 266 g/mol. The third-order valence-electron chi connectivity index (χ3n) is 2.08. The predicted molar refractivity (Wildman–Crippen MR) is 72.3 cm³/mol. The van der Waals surface area contributed by atoms with E-state index in [-0.39, 0.29) is 12.0 Å². The van der Waals surface area contributed by atoms with Gasteiger partial charge < -0.3 is 14.2 Å². The lowest BCUT2D eigenvalue weighted by Crippen LogP contribution is -2.23. The van der Waals surface area contributed by atoms with Crippen LogP contribution in [0.15, 0.2) is 29.4 Å². The van der Waals surface area contributed by atoms with E-state index < -0.39 is 5.97 Å². The van der Waals surface area contributed by atoms with Crippen LogP contribution < -0.4 is 10.2 Å². The van der Waals surface area contributed by atoms with Gasteiger partial charge in [0, 0.05) is 0 Å². The molecule has 104 valence electrons. The van der Waals surface area contributed by atoms with Crippen molar-refractivity contribution in [2.75, 3.05) is 19.6 Å². The normalized spacial score (nSPS) is 11.1. The van der Waals surface area contributed by atoms with E-state index >= 15 is 0 Å². The molecule has 0 amide bonds. The average molecular weight is 266 g/mol. The van der Waals surface area contributed by atoms with Crippen LogP contribution in [-0.2, 0) is 14.3 Å². The van der Waals surface area contributed by atoms with E-state index in [2.05, 4.69) is 15.3 Å². The molecule has 1 N–H and O–H groups in total. The molecule has 0 unspecified atom stereocenters. The summed E-state index contributed by atoms with van der Waals surface area (Å²) in [7, 11) is 2.86. The highest BCUT2D eigenvalue weighted by atomic mass is 16.6. The Morgan fingerprint density at radius 1 is 1.21 bits per heavy atom. The van der Waals surface area contributed by atoms with Crippen LogP contribution in [0.4, 0.5) is 5.69 Å². The van der Waals surface area contributed by atoms with E-state index in [0.717, 1.165) is 5.75 Å². The Hall–Kier alpha value is -2.24. The Labute approximate surface area is 112 Å². The van der Waals surface area contributed by atoms with Gasteiger partial charge in [0.05, 0.1) is 26.0 Å². The lowest BCUT2D eigenvalue weighted by atomic mass is 10.3. The summed E-state index contributed by atoms with van der Waals surface area (Å²) in [6, 6.07) is 7.09. The predicted octanol–water partition coefficient (Wildman–Crippen LogP) is 2.02. The molecular formula is C13H18N2O4. The maximum Gasteiger partial charge on any atom is 0.395 e. The molecule has 0 saturated heterocycles. The van der Waals surface area contributed by atoms with Gasteiger partial charge in [0.15, 0.2) is 0 Å². The minimum Gasteiger partial charge on any atom is -0.497 e. The number of nitrogens with one attached hydrogen (secondary N) is 1. The molecule has 6 nitrogen and oxygen atoms in total. The number of hydrazone groups is 1. The summed E-state index contributed by atoms with van der Waals surface area (Å²) in [6.45, 7) is 3.59. The van der Waals surface area contributed by atoms with Crippen molar-refractivity contribution in [3.8, 4) is 5.75 Å². The first kappa shape index (κ1) is 14.8. The van der Waals surface area contributed by atoms with Gasteiger partial charge >= 0.3 is 11.9 Å². The van der Waals surface area contributed by atoms with Crippen molar-refractivity contribution in [1.29, 1.82) is 0 Å². The first-order valence-corrected chi connectivity index (χ1v) is 5.79. The van der Waals surface area contributed by atoms with Crippen LogP contribution in [0.2, 0.25) is 0 Å². The molecule has 0 aromatic heterocycles. The van der Waals surface area contributed by atoms with Crippen molar-refractivity contribution in [3.63, 3.8) is 0 Å². The van der Waals surface area contributed by atoms with E-state index in [4.69, 9.17) is 9.47 Å². The van der Waals surface area contributed by atoms with Crippen LogP contribution in [0.25, 0.3) is 0 Å². The van der Waals surface area contributed by atoms with Gasteiger partial charge in [-0.15, -0.1) is 5.10 Å². The summed E-state index contributed by atoms with van der Waals surface area (Å²) >= 11 is 0. The summed E-state index contributed by atoms with van der Waals surface area (Å²) in [5, 5.41) is 3.89. The van der Waals surface area contributed by atoms with E-state index in [1.165, 1.54) is 7.11 Å². The zero-order valence-corrected chi connectivity index (χ0v) is 11.5. The minimum atomic E-state index is -0.630. The first-order valence-electron chi connectivity index (χ1n) is 5.79. The summed E-state index contributed by atoms with van der Waals surface area (Å²) in [5.41, 5.74) is 3.43. The van der Waals surface area contributed by atoms with E-state index in [9.17, 15) is 4.79 Å². The number of benzene rings is 1. The highest BCUT2D eigenvalue weighted by Crippen LogP contribution is 2.14. The second-order valence-corrected chi connectivity index (χ2v) is 3.92. The van der Waals surface area contributed by atoms with Gasteiger partial charge in [0.2, 0.25) is 0 Å². The Balaban J connectivity index is 2.75. The van der Waals surface area contributed by atoms with E-state index in [0.29, 0.717) is 5.69 Å². The van der Waals surface area contributed by atoms with Crippen molar-refractivity contribution in [1.82, 2.24) is 0 Å². The van der Waals surface area contributed by atoms with Gasteiger partial charge in [-0.25, -0.2) is 4.79 Å². The molecule has 0 aliphatic heterocycles. The fourth-order valence-corrected chi connectivity index (χ4v) is 1.21. The Bertz CT molecular complexity index is 440. The molecule has 0 aliphatic carbocycles. The highest BCUT2D eigenvalue weighted by Gasteiger charge is 2.15. The zero-order valence-electron chi connectivity index (χ0n) is 11.5. The molecule has 0 atom stereocenters. The highest BCUT2D eigenvalue weighted by molar-refractivity contribution is 6.32. The number of nitrogens with zero attached hydrogens (tertiary/aromatic N) is 1. The van der Waals surface area contributed by atoms with Crippen molar-refractivity contribution in [3.05, 3.63) is 24.3 Å². The molecule has 0 saturated carbocycles. The van der Waals surface area contributed by atoms with Gasteiger partial charge in [-0.1, -0.05) is 0 Å². The second kappa shape index (κ2) is 7.25. The van der Waals surface area contributed by atoms with Gasteiger partial charge in [-0.2, -0.15) is 0 Å². The molecule has 6 heteroatoms. The molecule has 0 radical (unpaired) electrons. The van der Waals surface area contributed by atoms with Gasteiger partial charge in [0.25, 0.3) is 0 Å². The minimum absolute atomic E-state index is 0.117. The molecule has 1 aromatic rings.